The molecule has 0 heterocycles. The molecular weight excluding hydrogens is 230 g/mol. The molecule has 5 heteroatoms. The van der Waals surface area contributed by atoms with E-state index in [1.54, 1.807) is 14.2 Å². The average Bonchev–Trinajstić information content (AvgIpc) is 2.26. The quantitative estimate of drug-likeness (QED) is 0.808. The standard InChI is InChI=1S/C11H16ClNO3/c1-7-6-8(4-5-16-13)11(15-3)9(12)10(7)14-2/h6H,4-5,13H2,1-3H3. The largest absolute Gasteiger partial charge is 0.495 e. The molecule has 1 aromatic rings. The number of halogens is 1. The Kier molecular flexibility index (Phi) is 4.86. The molecule has 90 valence electrons. The van der Waals surface area contributed by atoms with Gasteiger partial charge in [-0.15, -0.1) is 0 Å². The van der Waals surface area contributed by atoms with Crippen molar-refractivity contribution in [1.82, 2.24) is 0 Å². The summed E-state index contributed by atoms with van der Waals surface area (Å²) in [5, 5.41) is 0.483. The molecule has 0 unspecified atom stereocenters. The molecule has 0 aliphatic heterocycles. The molecule has 1 aromatic carbocycles. The highest BCUT2D eigenvalue weighted by Gasteiger charge is 2.15. The molecule has 0 spiro atoms. The van der Waals surface area contributed by atoms with Crippen LogP contribution in [0.4, 0.5) is 0 Å². The van der Waals surface area contributed by atoms with Crippen LogP contribution in [-0.4, -0.2) is 20.8 Å². The Morgan fingerprint density at radius 3 is 2.38 bits per heavy atom. The molecule has 0 aromatic heterocycles. The Hall–Kier alpha value is -0.970. The van der Waals surface area contributed by atoms with Crippen LogP contribution >= 0.6 is 11.6 Å². The van der Waals surface area contributed by atoms with Gasteiger partial charge in [-0.25, -0.2) is 5.90 Å². The van der Waals surface area contributed by atoms with Crippen LogP contribution in [0, 0.1) is 6.92 Å². The highest BCUT2D eigenvalue weighted by molar-refractivity contribution is 6.33. The van der Waals surface area contributed by atoms with Gasteiger partial charge in [0, 0.05) is 6.42 Å². The van der Waals surface area contributed by atoms with Gasteiger partial charge in [0.05, 0.1) is 20.8 Å². The summed E-state index contributed by atoms with van der Waals surface area (Å²) in [7, 11) is 3.15. The molecule has 16 heavy (non-hydrogen) atoms. The summed E-state index contributed by atoms with van der Waals surface area (Å²) in [5.74, 6) is 6.25. The number of aryl methyl sites for hydroxylation is 1. The summed E-state index contributed by atoms with van der Waals surface area (Å²) in [5.41, 5.74) is 1.91. The minimum atomic E-state index is 0.415. The van der Waals surface area contributed by atoms with Gasteiger partial charge in [-0.2, -0.15) is 0 Å². The molecule has 4 nitrogen and oxygen atoms in total. The van der Waals surface area contributed by atoms with Crippen molar-refractivity contribution < 1.29 is 14.3 Å². The molecule has 0 aliphatic carbocycles. The van der Waals surface area contributed by atoms with Crippen LogP contribution in [0.2, 0.25) is 5.02 Å². The Bertz CT molecular complexity index is 369. The van der Waals surface area contributed by atoms with Crippen LogP contribution in [0.3, 0.4) is 0 Å². The van der Waals surface area contributed by atoms with Crippen molar-refractivity contribution in [3.8, 4) is 11.5 Å². The zero-order valence-electron chi connectivity index (χ0n) is 9.67. The third-order valence-electron chi connectivity index (χ3n) is 2.34. The van der Waals surface area contributed by atoms with Crippen molar-refractivity contribution in [2.24, 2.45) is 5.90 Å². The molecule has 2 N–H and O–H groups in total. The molecule has 0 saturated heterocycles. The summed E-state index contributed by atoms with van der Waals surface area (Å²) in [6.45, 7) is 2.34. The number of ether oxygens (including phenoxy) is 2. The lowest BCUT2D eigenvalue weighted by molar-refractivity contribution is 0.140. The summed E-state index contributed by atoms with van der Waals surface area (Å²) in [4.78, 5) is 4.55. The van der Waals surface area contributed by atoms with Crippen LogP contribution in [0.15, 0.2) is 6.07 Å². The van der Waals surface area contributed by atoms with E-state index in [0.29, 0.717) is 29.5 Å². The minimum Gasteiger partial charge on any atom is -0.495 e. The van der Waals surface area contributed by atoms with E-state index >= 15 is 0 Å². The third kappa shape index (κ3) is 2.58. The summed E-state index contributed by atoms with van der Waals surface area (Å²) >= 11 is 6.18. The number of methoxy groups -OCH3 is 2. The van der Waals surface area contributed by atoms with E-state index in [4.69, 9.17) is 27.0 Å². The Morgan fingerprint density at radius 1 is 1.25 bits per heavy atom. The van der Waals surface area contributed by atoms with E-state index in [1.807, 2.05) is 13.0 Å². The normalized spacial score (nSPS) is 10.3. The summed E-state index contributed by atoms with van der Waals surface area (Å²) in [6.07, 6.45) is 0.643. The molecule has 0 bridgehead atoms. The van der Waals surface area contributed by atoms with Crippen molar-refractivity contribution in [1.29, 1.82) is 0 Å². The second-order valence-corrected chi connectivity index (χ2v) is 3.73. The lowest BCUT2D eigenvalue weighted by Gasteiger charge is -2.15. The first-order valence-electron chi connectivity index (χ1n) is 4.87. The highest BCUT2D eigenvalue weighted by atomic mass is 35.5. The van der Waals surface area contributed by atoms with E-state index in [0.717, 1.165) is 11.1 Å². The fourth-order valence-electron chi connectivity index (χ4n) is 1.64. The van der Waals surface area contributed by atoms with Crippen molar-refractivity contribution in [2.75, 3.05) is 20.8 Å². The van der Waals surface area contributed by atoms with E-state index in [9.17, 15) is 0 Å². The predicted octanol–water partition coefficient (Wildman–Crippen LogP) is 2.10. The molecule has 0 radical (unpaired) electrons. The maximum atomic E-state index is 6.18. The monoisotopic (exact) mass is 245 g/mol. The number of hydrogen-bond donors (Lipinski definition) is 1. The van der Waals surface area contributed by atoms with Gasteiger partial charge in [-0.05, 0) is 24.1 Å². The number of nitrogens with two attached hydrogens (primary N) is 1. The van der Waals surface area contributed by atoms with Crippen molar-refractivity contribution in [3.63, 3.8) is 0 Å². The Balaban J connectivity index is 3.18. The van der Waals surface area contributed by atoms with Gasteiger partial charge in [0.1, 0.15) is 16.5 Å². The lowest BCUT2D eigenvalue weighted by Crippen LogP contribution is -2.06. The first-order chi connectivity index (χ1) is 7.65. The molecular formula is C11H16ClNO3. The van der Waals surface area contributed by atoms with Crippen molar-refractivity contribution >= 4 is 11.6 Å². The lowest BCUT2D eigenvalue weighted by atomic mass is 10.1. The van der Waals surface area contributed by atoms with E-state index in [2.05, 4.69) is 4.84 Å². The molecule has 0 amide bonds. The van der Waals surface area contributed by atoms with Gasteiger partial charge >= 0.3 is 0 Å². The molecule has 0 aliphatic rings. The van der Waals surface area contributed by atoms with Gasteiger partial charge in [0.2, 0.25) is 0 Å². The van der Waals surface area contributed by atoms with Crippen LogP contribution in [-0.2, 0) is 11.3 Å². The topological polar surface area (TPSA) is 53.7 Å². The number of rotatable bonds is 5. The van der Waals surface area contributed by atoms with Crippen LogP contribution in [0.5, 0.6) is 11.5 Å². The maximum absolute atomic E-state index is 6.18. The van der Waals surface area contributed by atoms with Crippen LogP contribution < -0.4 is 15.4 Å². The molecule has 0 fully saturated rings. The molecule has 1 rings (SSSR count). The molecule has 0 atom stereocenters. The smallest absolute Gasteiger partial charge is 0.144 e. The van der Waals surface area contributed by atoms with Crippen LogP contribution in [0.1, 0.15) is 11.1 Å². The first-order valence-corrected chi connectivity index (χ1v) is 5.25. The Labute approximate surface area is 100 Å². The van der Waals surface area contributed by atoms with Gasteiger partial charge in [-0.3, -0.25) is 0 Å². The first kappa shape index (κ1) is 13.1. The third-order valence-corrected chi connectivity index (χ3v) is 2.68. The Morgan fingerprint density at radius 2 is 1.88 bits per heavy atom. The van der Waals surface area contributed by atoms with Crippen molar-refractivity contribution in [3.05, 3.63) is 22.2 Å². The summed E-state index contributed by atoms with van der Waals surface area (Å²) in [6, 6.07) is 1.96. The number of benzene rings is 1. The van der Waals surface area contributed by atoms with Gasteiger partial charge in [0.25, 0.3) is 0 Å². The van der Waals surface area contributed by atoms with E-state index < -0.39 is 0 Å². The fourth-order valence-corrected chi connectivity index (χ4v) is 2.06. The van der Waals surface area contributed by atoms with Gasteiger partial charge in [0.15, 0.2) is 0 Å². The summed E-state index contributed by atoms with van der Waals surface area (Å²) < 4.78 is 10.5. The van der Waals surface area contributed by atoms with Crippen LogP contribution in [0.25, 0.3) is 0 Å². The molecule has 0 saturated carbocycles. The van der Waals surface area contributed by atoms with Crippen molar-refractivity contribution in [2.45, 2.75) is 13.3 Å². The van der Waals surface area contributed by atoms with E-state index in [1.165, 1.54) is 0 Å². The maximum Gasteiger partial charge on any atom is 0.144 e. The van der Waals surface area contributed by atoms with Gasteiger partial charge in [-0.1, -0.05) is 11.6 Å². The fraction of sp³-hybridized carbons (Fsp3) is 0.455. The second-order valence-electron chi connectivity index (χ2n) is 3.35. The zero-order chi connectivity index (χ0) is 12.1. The average molecular weight is 246 g/mol. The number of hydrogen-bond acceptors (Lipinski definition) is 4. The SMILES string of the molecule is COc1c(C)cc(CCON)c(OC)c1Cl. The second kappa shape index (κ2) is 5.94. The zero-order valence-corrected chi connectivity index (χ0v) is 10.4. The predicted molar refractivity (Wildman–Crippen MR) is 63.1 cm³/mol. The van der Waals surface area contributed by atoms with E-state index in [-0.39, 0.29) is 0 Å². The minimum absolute atomic E-state index is 0.415. The highest BCUT2D eigenvalue weighted by Crippen LogP contribution is 2.39. The van der Waals surface area contributed by atoms with Gasteiger partial charge < -0.3 is 14.3 Å².